The Morgan fingerprint density at radius 2 is 1.65 bits per heavy atom. The summed E-state index contributed by atoms with van der Waals surface area (Å²) in [5.41, 5.74) is 3.50. The van der Waals surface area contributed by atoms with Gasteiger partial charge in [-0.15, -0.1) is 0 Å². The third-order valence-electron chi connectivity index (χ3n) is 7.12. The van der Waals surface area contributed by atoms with Crippen molar-refractivity contribution in [1.29, 1.82) is 0 Å². The molecular weight excluding hydrogens is 476 g/mol. The molecule has 0 amide bonds. The van der Waals surface area contributed by atoms with E-state index in [1.807, 2.05) is 54.8 Å². The van der Waals surface area contributed by atoms with Crippen LogP contribution in [0.25, 0.3) is 27.8 Å². The van der Waals surface area contributed by atoms with Crippen molar-refractivity contribution >= 4 is 10.9 Å². The van der Waals surface area contributed by atoms with E-state index in [0.29, 0.717) is 33.7 Å². The van der Waals surface area contributed by atoms with Crippen molar-refractivity contribution in [2.75, 3.05) is 0 Å². The lowest BCUT2D eigenvalue weighted by atomic mass is 10.0. The maximum absolute atomic E-state index is 15.2. The molecule has 186 valence electrons. The van der Waals surface area contributed by atoms with Crippen molar-refractivity contribution in [1.82, 2.24) is 13.7 Å². The molecule has 1 unspecified atom stereocenters. The van der Waals surface area contributed by atoms with Crippen LogP contribution < -0.4 is 16.0 Å². The summed E-state index contributed by atoms with van der Waals surface area (Å²) in [6.07, 6.45) is -1.12. The Morgan fingerprint density at radius 1 is 0.892 bits per heavy atom. The van der Waals surface area contributed by atoms with Crippen LogP contribution in [0, 0.1) is 25.5 Å². The van der Waals surface area contributed by atoms with Gasteiger partial charge in [0.25, 0.3) is 5.56 Å². The van der Waals surface area contributed by atoms with Gasteiger partial charge in [-0.2, -0.15) is 0 Å². The third-order valence-corrected chi connectivity index (χ3v) is 7.12. The molecule has 6 nitrogen and oxygen atoms in total. The second-order valence-corrected chi connectivity index (χ2v) is 9.43. The Labute approximate surface area is 210 Å². The summed E-state index contributed by atoms with van der Waals surface area (Å²) in [4.78, 5) is 26.8. The normalized spacial score (nSPS) is 14.4. The van der Waals surface area contributed by atoms with Crippen LogP contribution >= 0.6 is 0 Å². The van der Waals surface area contributed by atoms with E-state index < -0.39 is 29.0 Å². The second-order valence-electron chi connectivity index (χ2n) is 9.43. The number of fused-ring (bicyclic) bond motifs is 5. The summed E-state index contributed by atoms with van der Waals surface area (Å²) in [6.45, 7) is 3.87. The maximum Gasteiger partial charge on any atom is 0.331 e. The molecule has 0 saturated carbocycles. The predicted molar refractivity (Wildman–Crippen MR) is 137 cm³/mol. The molecule has 1 aliphatic heterocycles. The number of benzene rings is 3. The number of nitrogens with zero attached hydrogens (tertiary/aromatic N) is 3. The predicted octanol–water partition coefficient (Wildman–Crippen LogP) is 5.07. The van der Waals surface area contributed by atoms with Crippen molar-refractivity contribution in [3.8, 4) is 22.7 Å². The van der Waals surface area contributed by atoms with Crippen molar-refractivity contribution in [2.45, 2.75) is 20.0 Å². The number of halogens is 2. The fourth-order valence-corrected chi connectivity index (χ4v) is 5.30. The van der Waals surface area contributed by atoms with Gasteiger partial charge in [-0.25, -0.2) is 13.6 Å². The van der Waals surface area contributed by atoms with Crippen molar-refractivity contribution in [3.63, 3.8) is 0 Å². The molecule has 3 aromatic carbocycles. The van der Waals surface area contributed by atoms with Crippen LogP contribution in [-0.2, 0) is 14.1 Å². The van der Waals surface area contributed by atoms with Crippen LogP contribution in [0.3, 0.4) is 0 Å². The smallest absolute Gasteiger partial charge is 0.331 e. The lowest BCUT2D eigenvalue weighted by Gasteiger charge is -2.30. The first-order valence-electron chi connectivity index (χ1n) is 11.8. The molecule has 0 N–H and O–H groups in total. The molecule has 2 aromatic heterocycles. The van der Waals surface area contributed by atoms with Crippen molar-refractivity contribution in [3.05, 3.63) is 116 Å². The Morgan fingerprint density at radius 3 is 2.41 bits per heavy atom. The van der Waals surface area contributed by atoms with Crippen LogP contribution in [0.5, 0.6) is 5.75 Å². The van der Waals surface area contributed by atoms with E-state index in [4.69, 9.17) is 4.74 Å². The highest BCUT2D eigenvalue weighted by Crippen LogP contribution is 2.47. The zero-order chi connectivity index (χ0) is 26.2. The lowest BCUT2D eigenvalue weighted by molar-refractivity contribution is 0.222. The van der Waals surface area contributed by atoms with E-state index in [1.165, 1.54) is 23.7 Å². The highest BCUT2D eigenvalue weighted by Gasteiger charge is 2.38. The first-order valence-corrected chi connectivity index (χ1v) is 11.8. The fourth-order valence-electron chi connectivity index (χ4n) is 5.30. The van der Waals surface area contributed by atoms with Gasteiger partial charge in [0, 0.05) is 25.2 Å². The molecule has 1 atom stereocenters. The first-order chi connectivity index (χ1) is 17.7. The quantitative estimate of drug-likeness (QED) is 0.341. The maximum atomic E-state index is 15.2. The summed E-state index contributed by atoms with van der Waals surface area (Å²) < 4.78 is 40.3. The molecule has 5 aromatic rings. The summed E-state index contributed by atoms with van der Waals surface area (Å²) in [5, 5.41) is 0.300. The van der Waals surface area contributed by atoms with Gasteiger partial charge in [-0.3, -0.25) is 13.9 Å². The van der Waals surface area contributed by atoms with Gasteiger partial charge >= 0.3 is 5.69 Å². The summed E-state index contributed by atoms with van der Waals surface area (Å²) in [5.74, 6) is -1.61. The summed E-state index contributed by atoms with van der Waals surface area (Å²) in [6, 6.07) is 17.1. The minimum Gasteiger partial charge on any atom is -0.477 e. The Bertz CT molecular complexity index is 1880. The summed E-state index contributed by atoms with van der Waals surface area (Å²) in [7, 11) is 3.00. The van der Waals surface area contributed by atoms with Gasteiger partial charge < -0.3 is 9.30 Å². The van der Waals surface area contributed by atoms with E-state index >= 15 is 4.39 Å². The zero-order valence-electron chi connectivity index (χ0n) is 20.7. The highest BCUT2D eigenvalue weighted by atomic mass is 19.2. The minimum atomic E-state index is -1.12. The Hall–Kier alpha value is -4.46. The van der Waals surface area contributed by atoms with Gasteiger partial charge in [-0.05, 0) is 43.2 Å². The van der Waals surface area contributed by atoms with Crippen LogP contribution in [0.4, 0.5) is 8.78 Å². The van der Waals surface area contributed by atoms with Crippen molar-refractivity contribution in [2.24, 2.45) is 14.1 Å². The van der Waals surface area contributed by atoms with Crippen molar-refractivity contribution < 1.29 is 13.5 Å². The van der Waals surface area contributed by atoms with Gasteiger partial charge in [0.05, 0.1) is 28.0 Å². The van der Waals surface area contributed by atoms with Gasteiger partial charge in [-0.1, -0.05) is 42.5 Å². The molecule has 0 saturated heterocycles. The fraction of sp³-hybridized carbons (Fsp3) is 0.172. The molecule has 0 bridgehead atoms. The molecular formula is C29H23F2N3O3. The lowest BCUT2D eigenvalue weighted by Crippen LogP contribution is -2.37. The molecule has 0 spiro atoms. The molecule has 6 rings (SSSR count). The van der Waals surface area contributed by atoms with Gasteiger partial charge in [0.1, 0.15) is 5.75 Å². The minimum absolute atomic E-state index is 0.0312. The van der Waals surface area contributed by atoms with E-state index in [1.54, 1.807) is 13.1 Å². The van der Waals surface area contributed by atoms with Crippen LogP contribution in [-0.4, -0.2) is 13.7 Å². The molecule has 3 heterocycles. The van der Waals surface area contributed by atoms with E-state index in [9.17, 15) is 14.0 Å². The average molecular weight is 500 g/mol. The molecule has 1 aliphatic rings. The Kier molecular flexibility index (Phi) is 4.98. The van der Waals surface area contributed by atoms with Crippen LogP contribution in [0.2, 0.25) is 0 Å². The first kappa shape index (κ1) is 23.0. The van der Waals surface area contributed by atoms with E-state index in [-0.39, 0.29) is 5.56 Å². The Balaban J connectivity index is 1.91. The standard InChI is InChI=1S/C29H23F2N3O3/c1-15-12-13-21-20(14-15)34-24(17-9-6-5-8-16(17)2)22-25(32(3)29(36)33(4)28(22)35)26(34)27(37-21)18-10-7-11-19(30)23(18)31/h5-14,27H,1-4H3. The number of aryl methyl sites for hydroxylation is 3. The molecule has 0 aliphatic carbocycles. The van der Waals surface area contributed by atoms with Crippen LogP contribution in [0.15, 0.2) is 70.3 Å². The third kappa shape index (κ3) is 3.15. The molecule has 8 heteroatoms. The van der Waals surface area contributed by atoms with E-state index in [0.717, 1.165) is 27.3 Å². The number of aromatic nitrogens is 3. The molecule has 0 radical (unpaired) electrons. The number of ether oxygens (including phenoxy) is 1. The average Bonchev–Trinajstić information content (AvgIpc) is 3.24. The largest absolute Gasteiger partial charge is 0.477 e. The van der Waals surface area contributed by atoms with Gasteiger partial charge in [0.2, 0.25) is 0 Å². The zero-order valence-corrected chi connectivity index (χ0v) is 20.7. The monoisotopic (exact) mass is 499 g/mol. The number of hydrogen-bond donors (Lipinski definition) is 0. The number of rotatable bonds is 2. The van der Waals surface area contributed by atoms with Gasteiger partial charge in [0.15, 0.2) is 17.7 Å². The topological polar surface area (TPSA) is 58.2 Å². The number of hydrogen-bond acceptors (Lipinski definition) is 3. The van der Waals surface area contributed by atoms with Crippen LogP contribution in [0.1, 0.15) is 28.5 Å². The molecule has 37 heavy (non-hydrogen) atoms. The van der Waals surface area contributed by atoms with E-state index in [2.05, 4.69) is 0 Å². The molecule has 0 fully saturated rings. The second kappa shape index (κ2) is 8.03. The highest BCUT2D eigenvalue weighted by molar-refractivity contribution is 5.99. The SMILES string of the molecule is Cc1ccc2c(c1)-n1c(-c3ccccc3C)c3c(=O)n(C)c(=O)n(C)c3c1C(c1cccc(F)c1F)O2. The summed E-state index contributed by atoms with van der Waals surface area (Å²) >= 11 is 0.